The number of carbonyl (C=O) groups is 1. The Morgan fingerprint density at radius 3 is 1.54 bits per heavy atom. The summed E-state index contributed by atoms with van der Waals surface area (Å²) in [5.41, 5.74) is 8.37. The average Bonchev–Trinajstić information content (AvgIpc) is 3.22. The zero-order valence-corrected chi connectivity index (χ0v) is 35.8. The number of hydrogen-bond donors (Lipinski definition) is 6. The highest BCUT2D eigenvalue weighted by Crippen LogP contribution is 2.48. The highest BCUT2D eigenvalue weighted by atomic mass is 32.2. The maximum atomic E-state index is 12.5. The fraction of sp³-hybridized carbons (Fsp3) is 0.125. The number of carbonyl (C=O) groups excluding carboxylic acids is 1. The van der Waals surface area contributed by atoms with Gasteiger partial charge >= 0.3 is 0 Å². The Labute approximate surface area is 360 Å². The van der Waals surface area contributed by atoms with E-state index in [-0.39, 0.29) is 22.7 Å². The van der Waals surface area contributed by atoms with Crippen LogP contribution in [0.5, 0.6) is 5.75 Å². The van der Waals surface area contributed by atoms with Crippen LogP contribution in [0.4, 0.5) is 51.2 Å². The highest BCUT2D eigenvalue weighted by Gasteiger charge is 2.28. The molecule has 0 aromatic heterocycles. The molecule has 0 unspecified atom stereocenters. The normalized spacial score (nSPS) is 12.5. The Morgan fingerprint density at radius 1 is 0.619 bits per heavy atom. The van der Waals surface area contributed by atoms with Crippen LogP contribution in [0.1, 0.15) is 20.8 Å². The molecule has 0 aliphatic rings. The Morgan fingerprint density at radius 2 is 1.08 bits per heavy atom. The second kappa shape index (κ2) is 18.1. The predicted octanol–water partition coefficient (Wildman–Crippen LogP) is 9.59. The Balaban J connectivity index is 1.29. The van der Waals surface area contributed by atoms with Crippen LogP contribution in [0.3, 0.4) is 0 Å². The fourth-order valence-corrected chi connectivity index (χ4v) is 8.05. The molecule has 6 rings (SSSR count). The minimum atomic E-state index is -5.19. The third-order valence-corrected chi connectivity index (χ3v) is 11.9. The van der Waals surface area contributed by atoms with E-state index in [1.54, 1.807) is 42.5 Å². The summed E-state index contributed by atoms with van der Waals surface area (Å²) in [5, 5.41) is 37.6. The smallest absolute Gasteiger partial charge is 0.296 e. The van der Waals surface area contributed by atoms with Crippen molar-refractivity contribution >= 4 is 98.2 Å². The van der Waals surface area contributed by atoms with Crippen molar-refractivity contribution in [3.63, 3.8) is 0 Å². The van der Waals surface area contributed by atoms with Crippen LogP contribution < -0.4 is 16.0 Å². The first-order valence-corrected chi connectivity index (χ1v) is 22.8. The first-order chi connectivity index (χ1) is 29.7. The molecule has 0 spiro atoms. The Kier molecular flexibility index (Phi) is 13.1. The number of hydrogen-bond acceptors (Lipinski definition) is 16. The van der Waals surface area contributed by atoms with E-state index in [4.69, 9.17) is 5.73 Å². The van der Waals surface area contributed by atoms with Crippen molar-refractivity contribution in [1.82, 2.24) is 0 Å². The number of nitrogens with zero attached hydrogens (tertiary/aromatic N) is 7. The second-order valence-corrected chi connectivity index (χ2v) is 17.7. The molecule has 0 saturated heterocycles. The molecule has 0 radical (unpaired) electrons. The first-order valence-electron chi connectivity index (χ1n) is 18.4. The van der Waals surface area contributed by atoms with Crippen molar-refractivity contribution in [1.29, 1.82) is 0 Å². The second-order valence-electron chi connectivity index (χ2n) is 13.5. The molecule has 0 atom stereocenters. The van der Waals surface area contributed by atoms with Gasteiger partial charge in [0.25, 0.3) is 30.4 Å². The van der Waals surface area contributed by atoms with Gasteiger partial charge in [-0.2, -0.15) is 40.6 Å². The summed E-state index contributed by atoms with van der Waals surface area (Å²) in [6.07, 6.45) is 0. The molecule has 0 aliphatic carbocycles. The van der Waals surface area contributed by atoms with Gasteiger partial charge in [0.15, 0.2) is 5.75 Å². The standard InChI is InChI=1S/C40H37N9O11S3/c1-4-49(5-2)30-16-19-32(33(22-30)42-23(3)50)46-43-27-10-6-24(7-11-27)25-8-12-28(13-9-25)44-47-38-34(62(55,56)57)20-26-21-35(63(58,59)60)39(40(51)36(26)37(38)41)48-45-29-14-17-31(18-15-29)61(52,53)54/h6-22,51H,4-5,41H2,1-3H3,(H,42,50)(H,52,53,54)(H,55,56,57)(H,58,59,60). The number of phenolic OH excluding ortho intramolecular Hbond substituents is 1. The molecule has 0 fully saturated rings. The van der Waals surface area contributed by atoms with E-state index < -0.39 is 73.2 Å². The third-order valence-electron chi connectivity index (χ3n) is 9.30. The molecule has 6 aromatic rings. The number of rotatable bonds is 14. The number of phenols is 1. The zero-order valence-electron chi connectivity index (χ0n) is 33.3. The van der Waals surface area contributed by atoms with Crippen LogP contribution in [0.2, 0.25) is 0 Å². The van der Waals surface area contributed by atoms with Gasteiger partial charge < -0.3 is 21.1 Å². The third kappa shape index (κ3) is 10.5. The summed E-state index contributed by atoms with van der Waals surface area (Å²) in [6.45, 7) is 7.07. The summed E-state index contributed by atoms with van der Waals surface area (Å²) in [6, 6.07) is 24.8. The van der Waals surface area contributed by atoms with Crippen molar-refractivity contribution in [2.45, 2.75) is 35.5 Å². The predicted molar refractivity (Wildman–Crippen MR) is 235 cm³/mol. The van der Waals surface area contributed by atoms with Crippen LogP contribution in [0.15, 0.2) is 149 Å². The Bertz CT molecular complexity index is 3180. The summed E-state index contributed by atoms with van der Waals surface area (Å²) >= 11 is 0. The quantitative estimate of drug-likeness (QED) is 0.0337. The number of anilines is 3. The SMILES string of the molecule is CCN(CC)c1ccc(N=Nc2ccc(-c3ccc(N=Nc4c(S(=O)(=O)O)cc5cc(S(=O)(=O)O)c(N=Nc6ccc(S(=O)(=O)O)cc6)c(O)c5c4N)cc3)cc2)c(NC(C)=O)c1. The maximum Gasteiger partial charge on any atom is 0.296 e. The molecule has 326 valence electrons. The van der Waals surface area contributed by atoms with Crippen molar-refractivity contribution in [3.8, 4) is 16.9 Å². The molecule has 1 amide bonds. The van der Waals surface area contributed by atoms with Gasteiger partial charge in [-0.3, -0.25) is 18.5 Å². The minimum absolute atomic E-state index is 0.0791. The lowest BCUT2D eigenvalue weighted by atomic mass is 10.0. The van der Waals surface area contributed by atoms with Gasteiger partial charge in [0.1, 0.15) is 26.9 Å². The number of nitrogens with two attached hydrogens (primary N) is 1. The van der Waals surface area contributed by atoms with Crippen molar-refractivity contribution in [2.75, 3.05) is 29.0 Å². The molecule has 0 heterocycles. The van der Waals surface area contributed by atoms with Gasteiger partial charge in [0, 0.05) is 25.7 Å². The van der Waals surface area contributed by atoms with E-state index in [2.05, 4.69) is 40.9 Å². The van der Waals surface area contributed by atoms with Crippen LogP contribution in [0.25, 0.3) is 21.9 Å². The lowest BCUT2D eigenvalue weighted by Crippen LogP contribution is -2.21. The topological polar surface area (TPSA) is 316 Å². The van der Waals surface area contributed by atoms with Crippen LogP contribution >= 0.6 is 0 Å². The number of benzene rings is 6. The fourth-order valence-electron chi connectivity index (χ4n) is 6.24. The largest absolute Gasteiger partial charge is 0.505 e. The molecular formula is C40H37N9O11S3. The number of azo groups is 3. The monoisotopic (exact) mass is 915 g/mol. The van der Waals surface area contributed by atoms with Gasteiger partial charge in [0.05, 0.1) is 38.7 Å². The number of nitrogen functional groups attached to an aromatic ring is 1. The molecule has 20 nitrogen and oxygen atoms in total. The molecule has 0 aliphatic heterocycles. The molecular weight excluding hydrogens is 879 g/mol. The van der Waals surface area contributed by atoms with E-state index in [9.17, 15) is 48.8 Å². The van der Waals surface area contributed by atoms with Gasteiger partial charge in [0.2, 0.25) is 5.91 Å². The van der Waals surface area contributed by atoms with Crippen LogP contribution in [0, 0.1) is 0 Å². The van der Waals surface area contributed by atoms with Gasteiger partial charge in [-0.15, -0.1) is 15.3 Å². The van der Waals surface area contributed by atoms with Crippen LogP contribution in [-0.4, -0.2) is 63.0 Å². The van der Waals surface area contributed by atoms with Gasteiger partial charge in [-0.05, 0) is 109 Å². The number of nitrogens with one attached hydrogen (secondary N) is 1. The molecule has 0 saturated carbocycles. The van der Waals surface area contributed by atoms with Crippen LogP contribution in [-0.2, 0) is 35.1 Å². The average molecular weight is 916 g/mol. The molecule has 6 aromatic carbocycles. The number of amides is 1. The molecule has 23 heteroatoms. The minimum Gasteiger partial charge on any atom is -0.505 e. The zero-order chi connectivity index (χ0) is 45.9. The van der Waals surface area contributed by atoms with Crippen molar-refractivity contribution < 1.29 is 48.8 Å². The van der Waals surface area contributed by atoms with E-state index >= 15 is 0 Å². The number of fused-ring (bicyclic) bond motifs is 1. The van der Waals surface area contributed by atoms with E-state index in [1.807, 2.05) is 38.1 Å². The molecule has 63 heavy (non-hydrogen) atoms. The number of aromatic hydroxyl groups is 1. The summed E-state index contributed by atoms with van der Waals surface area (Å²) in [5.74, 6) is -1.24. The Hall–Kier alpha value is -7.02. The van der Waals surface area contributed by atoms with Gasteiger partial charge in [-0.1, -0.05) is 24.3 Å². The summed E-state index contributed by atoms with van der Waals surface area (Å²) < 4.78 is 102. The van der Waals surface area contributed by atoms with E-state index in [0.29, 0.717) is 17.1 Å². The van der Waals surface area contributed by atoms with E-state index in [1.165, 1.54) is 6.92 Å². The molecule has 7 N–H and O–H groups in total. The van der Waals surface area contributed by atoms with Crippen molar-refractivity contribution in [2.24, 2.45) is 30.7 Å². The van der Waals surface area contributed by atoms with E-state index in [0.717, 1.165) is 66.3 Å². The highest BCUT2D eigenvalue weighted by molar-refractivity contribution is 7.86. The summed E-state index contributed by atoms with van der Waals surface area (Å²) in [7, 11) is -14.9. The lowest BCUT2D eigenvalue weighted by molar-refractivity contribution is -0.114. The summed E-state index contributed by atoms with van der Waals surface area (Å²) in [4.78, 5) is 11.6. The first kappa shape index (κ1) is 45.5. The maximum absolute atomic E-state index is 12.5. The van der Waals surface area contributed by atoms with Crippen molar-refractivity contribution in [3.05, 3.63) is 103 Å². The molecule has 0 bridgehead atoms. The van der Waals surface area contributed by atoms with Gasteiger partial charge in [-0.25, -0.2) is 0 Å². The lowest BCUT2D eigenvalue weighted by Gasteiger charge is -2.22.